The molecular formula is C16H18N2O3. The third-order valence-corrected chi connectivity index (χ3v) is 4.38. The fraction of sp³-hybridized carbons (Fsp3) is 0.438. The van der Waals surface area contributed by atoms with Gasteiger partial charge in [-0.05, 0) is 30.9 Å². The predicted molar refractivity (Wildman–Crippen MR) is 77.6 cm³/mol. The zero-order valence-corrected chi connectivity index (χ0v) is 11.8. The van der Waals surface area contributed by atoms with E-state index < -0.39 is 17.7 Å². The fourth-order valence-corrected chi connectivity index (χ4v) is 3.27. The smallest absolute Gasteiger partial charge is 0.270 e. The van der Waals surface area contributed by atoms with E-state index in [0.717, 1.165) is 30.6 Å². The van der Waals surface area contributed by atoms with Crippen molar-refractivity contribution in [3.63, 3.8) is 0 Å². The van der Waals surface area contributed by atoms with Crippen LogP contribution < -0.4 is 5.73 Å². The van der Waals surface area contributed by atoms with Crippen LogP contribution >= 0.6 is 0 Å². The van der Waals surface area contributed by atoms with E-state index in [1.54, 1.807) is 18.2 Å². The van der Waals surface area contributed by atoms with Crippen molar-refractivity contribution in [2.75, 3.05) is 5.73 Å². The van der Waals surface area contributed by atoms with Gasteiger partial charge in [0, 0.05) is 12.1 Å². The zero-order chi connectivity index (χ0) is 15.0. The van der Waals surface area contributed by atoms with Crippen LogP contribution in [0.1, 0.15) is 59.2 Å². The van der Waals surface area contributed by atoms with E-state index in [0.29, 0.717) is 0 Å². The molecule has 0 radical (unpaired) electrons. The van der Waals surface area contributed by atoms with Gasteiger partial charge in [-0.25, -0.2) is 4.90 Å². The number of hydrogen-bond donors (Lipinski definition) is 1. The van der Waals surface area contributed by atoms with Crippen LogP contribution in [0.3, 0.4) is 0 Å². The van der Waals surface area contributed by atoms with Gasteiger partial charge in [0.1, 0.15) is 0 Å². The molecule has 0 unspecified atom stereocenters. The van der Waals surface area contributed by atoms with Gasteiger partial charge in [-0.1, -0.05) is 25.3 Å². The Hall–Kier alpha value is -2.17. The minimum absolute atomic E-state index is 0.166. The largest absolute Gasteiger partial charge is 0.398 e. The number of nitrogen functional groups attached to an aromatic ring is 1. The molecule has 0 aromatic heterocycles. The Morgan fingerprint density at radius 3 is 2.52 bits per heavy atom. The Bertz CT molecular complexity index is 618. The lowest BCUT2D eigenvalue weighted by Crippen LogP contribution is -2.37. The number of fused-ring (bicyclic) bond motifs is 1. The Morgan fingerprint density at radius 1 is 1.14 bits per heavy atom. The van der Waals surface area contributed by atoms with Crippen LogP contribution in [-0.4, -0.2) is 22.6 Å². The summed E-state index contributed by atoms with van der Waals surface area (Å²) in [5.74, 6) is -1.22. The minimum Gasteiger partial charge on any atom is -0.398 e. The second kappa shape index (κ2) is 5.31. The van der Waals surface area contributed by atoms with Crippen molar-refractivity contribution in [3.8, 4) is 0 Å². The molecule has 3 amide bonds. The van der Waals surface area contributed by atoms with Gasteiger partial charge in [0.05, 0.1) is 11.1 Å². The molecule has 1 saturated carbocycles. The summed E-state index contributed by atoms with van der Waals surface area (Å²) in [6, 6.07) is 4.73. The van der Waals surface area contributed by atoms with Crippen LogP contribution in [0.2, 0.25) is 0 Å². The van der Waals surface area contributed by atoms with Crippen LogP contribution in [0.15, 0.2) is 18.2 Å². The van der Waals surface area contributed by atoms with Gasteiger partial charge in [-0.15, -0.1) is 0 Å². The number of hydrogen-bond acceptors (Lipinski definition) is 4. The molecule has 1 fully saturated rings. The van der Waals surface area contributed by atoms with Gasteiger partial charge in [0.15, 0.2) is 0 Å². The van der Waals surface area contributed by atoms with Crippen molar-refractivity contribution in [2.24, 2.45) is 5.92 Å². The van der Waals surface area contributed by atoms with Gasteiger partial charge < -0.3 is 5.73 Å². The van der Waals surface area contributed by atoms with E-state index in [4.69, 9.17) is 5.73 Å². The monoisotopic (exact) mass is 286 g/mol. The molecular weight excluding hydrogens is 268 g/mol. The lowest BCUT2D eigenvalue weighted by Gasteiger charge is -2.22. The van der Waals surface area contributed by atoms with E-state index in [1.165, 1.54) is 6.42 Å². The molecule has 2 aliphatic rings. The molecule has 3 rings (SSSR count). The second-order valence-electron chi connectivity index (χ2n) is 5.82. The van der Waals surface area contributed by atoms with Crippen LogP contribution in [0.5, 0.6) is 0 Å². The van der Waals surface area contributed by atoms with Crippen molar-refractivity contribution >= 4 is 23.4 Å². The average Bonchev–Trinajstić information content (AvgIpc) is 2.73. The summed E-state index contributed by atoms with van der Waals surface area (Å²) in [6.07, 6.45) is 5.70. The predicted octanol–water partition coefficient (Wildman–Crippen LogP) is 2.36. The number of nitrogens with two attached hydrogens (primary N) is 1. The summed E-state index contributed by atoms with van der Waals surface area (Å²) >= 11 is 0. The fourth-order valence-electron chi connectivity index (χ4n) is 3.27. The van der Waals surface area contributed by atoms with Crippen molar-refractivity contribution in [2.45, 2.75) is 38.5 Å². The van der Waals surface area contributed by atoms with E-state index in [1.807, 2.05) is 0 Å². The van der Waals surface area contributed by atoms with Crippen LogP contribution in [-0.2, 0) is 4.79 Å². The molecule has 0 atom stereocenters. The van der Waals surface area contributed by atoms with E-state index in [-0.39, 0.29) is 29.2 Å². The molecule has 2 N–H and O–H groups in total. The highest BCUT2D eigenvalue weighted by Crippen LogP contribution is 2.31. The van der Waals surface area contributed by atoms with Crippen molar-refractivity contribution in [1.29, 1.82) is 0 Å². The number of benzene rings is 1. The van der Waals surface area contributed by atoms with Gasteiger partial charge in [-0.2, -0.15) is 0 Å². The minimum atomic E-state index is -0.575. The first-order valence-electron chi connectivity index (χ1n) is 7.39. The molecule has 21 heavy (non-hydrogen) atoms. The topological polar surface area (TPSA) is 80.5 Å². The van der Waals surface area contributed by atoms with Crippen molar-refractivity contribution < 1.29 is 14.4 Å². The summed E-state index contributed by atoms with van der Waals surface area (Å²) in [5.41, 5.74) is 6.41. The molecule has 110 valence electrons. The SMILES string of the molecule is Nc1cccc2c1C(=O)N(C(=O)CC1CCCCC1)C2=O. The Morgan fingerprint density at radius 2 is 1.86 bits per heavy atom. The first-order chi connectivity index (χ1) is 10.1. The highest BCUT2D eigenvalue weighted by Gasteiger charge is 2.41. The van der Waals surface area contributed by atoms with Gasteiger partial charge >= 0.3 is 0 Å². The molecule has 5 heteroatoms. The Labute approximate surface area is 123 Å². The lowest BCUT2D eigenvalue weighted by atomic mass is 9.86. The number of anilines is 1. The number of carbonyl (C=O) groups excluding carboxylic acids is 3. The number of carbonyl (C=O) groups is 3. The molecule has 1 aromatic carbocycles. The van der Waals surface area contributed by atoms with Crippen LogP contribution in [0.4, 0.5) is 5.69 Å². The first-order valence-corrected chi connectivity index (χ1v) is 7.39. The molecule has 1 aliphatic carbocycles. The molecule has 0 saturated heterocycles. The van der Waals surface area contributed by atoms with E-state index in [2.05, 4.69) is 0 Å². The maximum Gasteiger partial charge on any atom is 0.270 e. The van der Waals surface area contributed by atoms with Crippen LogP contribution in [0, 0.1) is 5.92 Å². The van der Waals surface area contributed by atoms with Crippen molar-refractivity contribution in [1.82, 2.24) is 4.90 Å². The molecule has 1 heterocycles. The second-order valence-corrected chi connectivity index (χ2v) is 5.82. The third-order valence-electron chi connectivity index (χ3n) is 4.38. The lowest BCUT2D eigenvalue weighted by molar-refractivity contribution is -0.127. The molecule has 0 spiro atoms. The standard InChI is InChI=1S/C16H18N2O3/c17-12-8-4-7-11-14(12)16(21)18(15(11)20)13(19)9-10-5-2-1-3-6-10/h4,7-8,10H,1-3,5-6,9,17H2. The summed E-state index contributed by atoms with van der Waals surface area (Å²) in [5, 5.41) is 0. The zero-order valence-electron chi connectivity index (χ0n) is 11.8. The summed E-state index contributed by atoms with van der Waals surface area (Å²) in [7, 11) is 0. The average molecular weight is 286 g/mol. The first kappa shape index (κ1) is 13.8. The molecule has 0 bridgehead atoms. The maximum absolute atomic E-state index is 12.4. The molecule has 5 nitrogen and oxygen atoms in total. The van der Waals surface area contributed by atoms with Crippen LogP contribution in [0.25, 0.3) is 0 Å². The summed E-state index contributed by atoms with van der Waals surface area (Å²) in [4.78, 5) is 37.7. The molecule has 1 aliphatic heterocycles. The molecule has 1 aromatic rings. The highest BCUT2D eigenvalue weighted by atomic mass is 16.2. The normalized spacial score (nSPS) is 19.0. The summed E-state index contributed by atoms with van der Waals surface area (Å²) < 4.78 is 0. The highest BCUT2D eigenvalue weighted by molar-refractivity contribution is 6.30. The Balaban J connectivity index is 1.81. The number of rotatable bonds is 2. The Kier molecular flexibility index (Phi) is 3.49. The van der Waals surface area contributed by atoms with E-state index in [9.17, 15) is 14.4 Å². The van der Waals surface area contributed by atoms with Gasteiger partial charge in [0.2, 0.25) is 5.91 Å². The number of amides is 3. The van der Waals surface area contributed by atoms with Gasteiger partial charge in [0.25, 0.3) is 11.8 Å². The summed E-state index contributed by atoms with van der Waals surface area (Å²) in [6.45, 7) is 0. The quantitative estimate of drug-likeness (QED) is 0.668. The number of nitrogens with zero attached hydrogens (tertiary/aromatic N) is 1. The maximum atomic E-state index is 12.4. The van der Waals surface area contributed by atoms with Crippen molar-refractivity contribution in [3.05, 3.63) is 29.3 Å². The number of imide groups is 3. The third kappa shape index (κ3) is 2.33. The van der Waals surface area contributed by atoms with Gasteiger partial charge in [-0.3, -0.25) is 14.4 Å². The van der Waals surface area contributed by atoms with E-state index >= 15 is 0 Å².